The summed E-state index contributed by atoms with van der Waals surface area (Å²) in [6, 6.07) is 20.1. The van der Waals surface area contributed by atoms with Gasteiger partial charge in [0.15, 0.2) is 0 Å². The van der Waals surface area contributed by atoms with Gasteiger partial charge in [-0.15, -0.1) is 0 Å². The lowest BCUT2D eigenvalue weighted by Crippen LogP contribution is -2.36. The summed E-state index contributed by atoms with van der Waals surface area (Å²) in [4.78, 5) is 22.8. The Balaban J connectivity index is 1.93. The van der Waals surface area contributed by atoms with E-state index in [0.29, 0.717) is 11.4 Å². The molecule has 0 bridgehead atoms. The van der Waals surface area contributed by atoms with Crippen molar-refractivity contribution in [2.75, 3.05) is 4.90 Å². The monoisotopic (exact) mass is 364 g/mol. The van der Waals surface area contributed by atoms with Crippen LogP contribution in [0.3, 0.4) is 0 Å². The highest BCUT2D eigenvalue weighted by Crippen LogP contribution is 2.34. The van der Waals surface area contributed by atoms with E-state index >= 15 is 0 Å². The zero-order chi connectivity index (χ0) is 19.3. The van der Waals surface area contributed by atoms with Crippen molar-refractivity contribution >= 4 is 23.3 Å². The quantitative estimate of drug-likeness (QED) is 0.658. The number of allylic oxidation sites excluding steroid dienone is 2. The maximum absolute atomic E-state index is 12.1. The Bertz CT molecular complexity index is 1100. The highest BCUT2D eigenvalue weighted by Gasteiger charge is 2.29. The van der Waals surface area contributed by atoms with Crippen molar-refractivity contribution in [3.8, 4) is 6.07 Å². The molecule has 3 aromatic rings. The van der Waals surface area contributed by atoms with E-state index in [-0.39, 0.29) is 0 Å². The molecule has 0 saturated heterocycles. The van der Waals surface area contributed by atoms with Crippen LogP contribution in [-0.2, 0) is 4.79 Å². The molecule has 0 fully saturated rings. The van der Waals surface area contributed by atoms with Crippen LogP contribution >= 0.6 is 0 Å². The van der Waals surface area contributed by atoms with Crippen molar-refractivity contribution in [1.29, 1.82) is 5.26 Å². The summed E-state index contributed by atoms with van der Waals surface area (Å²) in [6.07, 6.45) is 8.09. The van der Waals surface area contributed by atoms with Crippen LogP contribution in [0.2, 0.25) is 0 Å². The first-order valence-corrected chi connectivity index (χ1v) is 8.81. The molecule has 134 valence electrons. The van der Waals surface area contributed by atoms with Crippen LogP contribution < -0.4 is 4.90 Å². The van der Waals surface area contributed by atoms with Gasteiger partial charge in [0.25, 0.3) is 0 Å². The van der Waals surface area contributed by atoms with Gasteiger partial charge < -0.3 is 9.69 Å². The van der Waals surface area contributed by atoms with Gasteiger partial charge in [0.05, 0.1) is 17.3 Å². The molecule has 3 heterocycles. The van der Waals surface area contributed by atoms with Gasteiger partial charge in [-0.3, -0.25) is 4.98 Å². The molecule has 0 aliphatic carbocycles. The maximum Gasteiger partial charge on any atom is 0.147 e. The van der Waals surface area contributed by atoms with Crippen LogP contribution in [0.4, 0.5) is 5.82 Å². The van der Waals surface area contributed by atoms with Crippen molar-refractivity contribution < 1.29 is 4.79 Å². The lowest BCUT2D eigenvalue weighted by Gasteiger charge is -2.32. The van der Waals surface area contributed by atoms with Crippen molar-refractivity contribution in [1.82, 2.24) is 9.97 Å². The number of pyridine rings is 2. The molecule has 0 amide bonds. The van der Waals surface area contributed by atoms with Gasteiger partial charge in [-0.1, -0.05) is 30.3 Å². The number of carbonyl (C=O) groups excluding carboxylic acids is 1. The summed E-state index contributed by atoms with van der Waals surface area (Å²) in [5, 5.41) is 9.56. The van der Waals surface area contributed by atoms with Gasteiger partial charge >= 0.3 is 0 Å². The number of nitrogens with zero attached hydrogens (tertiary/aromatic N) is 4. The van der Waals surface area contributed by atoms with Crippen LogP contribution in [0.1, 0.15) is 16.8 Å². The first-order valence-electron chi connectivity index (χ1n) is 8.81. The molecule has 0 N–H and O–H groups in total. The molecule has 1 aliphatic heterocycles. The van der Waals surface area contributed by atoms with E-state index in [1.807, 2.05) is 71.8 Å². The fourth-order valence-electron chi connectivity index (χ4n) is 3.27. The average molecular weight is 364 g/mol. The van der Waals surface area contributed by atoms with Crippen molar-refractivity contribution in [2.45, 2.75) is 6.04 Å². The second-order valence-electron chi connectivity index (χ2n) is 6.23. The van der Waals surface area contributed by atoms with Gasteiger partial charge in [-0.25, -0.2) is 4.98 Å². The fourth-order valence-corrected chi connectivity index (χ4v) is 3.27. The van der Waals surface area contributed by atoms with E-state index < -0.39 is 6.04 Å². The number of aldehydes is 1. The summed E-state index contributed by atoms with van der Waals surface area (Å²) in [7, 11) is 0. The lowest BCUT2D eigenvalue weighted by molar-refractivity contribution is -0.107. The molecular formula is C23H16N4O. The number of aromatic nitrogens is 2. The zero-order valence-electron chi connectivity index (χ0n) is 14.9. The fraction of sp³-hybridized carbons (Fsp3) is 0.0435. The number of hydrogen-bond donors (Lipinski definition) is 0. The summed E-state index contributed by atoms with van der Waals surface area (Å²) < 4.78 is 0. The minimum Gasteiger partial charge on any atom is -0.318 e. The second-order valence-corrected chi connectivity index (χ2v) is 6.23. The molecule has 1 unspecified atom stereocenters. The first kappa shape index (κ1) is 17.4. The van der Waals surface area contributed by atoms with E-state index in [4.69, 9.17) is 0 Å². The highest BCUT2D eigenvalue weighted by atomic mass is 16.1. The van der Waals surface area contributed by atoms with Gasteiger partial charge in [-0.2, -0.15) is 5.26 Å². The topological polar surface area (TPSA) is 69.9 Å². The minimum absolute atomic E-state index is 0.517. The summed E-state index contributed by atoms with van der Waals surface area (Å²) >= 11 is 0. The first-order chi connectivity index (χ1) is 13.8. The number of benzene rings is 1. The summed E-state index contributed by atoms with van der Waals surface area (Å²) in [6.45, 7) is 0. The van der Waals surface area contributed by atoms with Gasteiger partial charge in [0.1, 0.15) is 18.1 Å². The number of anilines is 1. The predicted molar refractivity (Wildman–Crippen MR) is 108 cm³/mol. The normalized spacial score (nSPS) is 16.0. The zero-order valence-corrected chi connectivity index (χ0v) is 14.9. The molecule has 0 radical (unpaired) electrons. The van der Waals surface area contributed by atoms with Crippen LogP contribution in [0.5, 0.6) is 0 Å². The van der Waals surface area contributed by atoms with Crippen LogP contribution in [0.15, 0.2) is 85.3 Å². The lowest BCUT2D eigenvalue weighted by atomic mass is 9.89. The third kappa shape index (κ3) is 3.19. The molecule has 1 aromatic carbocycles. The van der Waals surface area contributed by atoms with Gasteiger partial charge in [-0.05, 0) is 47.5 Å². The molecule has 1 atom stereocenters. The molecule has 5 nitrogen and oxygen atoms in total. The minimum atomic E-state index is -0.600. The summed E-state index contributed by atoms with van der Waals surface area (Å²) in [5.74, 6) is 0.646. The third-order valence-corrected chi connectivity index (χ3v) is 4.57. The van der Waals surface area contributed by atoms with Gasteiger partial charge in [0, 0.05) is 24.2 Å². The Morgan fingerprint density at radius 1 is 0.964 bits per heavy atom. The SMILES string of the molecule is N#Cc1ccccc1C1=CC(c2ccccn2)=CN(c2ccccn2)C1C=O. The highest BCUT2D eigenvalue weighted by molar-refractivity contribution is 5.98. The molecule has 5 heteroatoms. The Morgan fingerprint density at radius 3 is 2.39 bits per heavy atom. The van der Waals surface area contributed by atoms with E-state index in [2.05, 4.69) is 16.0 Å². The average Bonchev–Trinajstić information content (AvgIpc) is 2.79. The molecule has 4 rings (SSSR count). The van der Waals surface area contributed by atoms with E-state index in [1.165, 1.54) is 0 Å². The van der Waals surface area contributed by atoms with Crippen molar-refractivity contribution in [3.05, 3.63) is 102 Å². The molecular weight excluding hydrogens is 348 g/mol. The molecule has 2 aromatic heterocycles. The second kappa shape index (κ2) is 7.68. The Morgan fingerprint density at radius 2 is 1.71 bits per heavy atom. The summed E-state index contributed by atoms with van der Waals surface area (Å²) in [5.41, 5.74) is 3.60. The Hall–Kier alpha value is -4.04. The molecule has 1 aliphatic rings. The number of hydrogen-bond acceptors (Lipinski definition) is 5. The standard InChI is InChI=1S/C23H16N4O/c24-14-17-7-1-2-8-19(17)20-13-18(21-9-3-5-11-25-21)15-27(22(20)16-28)23-10-4-6-12-26-23/h1-13,15-16,22H. The van der Waals surface area contributed by atoms with E-state index in [0.717, 1.165) is 28.7 Å². The Kier molecular flexibility index (Phi) is 4.77. The van der Waals surface area contributed by atoms with Crippen molar-refractivity contribution in [2.24, 2.45) is 0 Å². The van der Waals surface area contributed by atoms with E-state index in [1.54, 1.807) is 18.5 Å². The largest absolute Gasteiger partial charge is 0.318 e. The predicted octanol–water partition coefficient (Wildman–Crippen LogP) is 3.86. The smallest absolute Gasteiger partial charge is 0.147 e. The number of carbonyl (C=O) groups is 1. The van der Waals surface area contributed by atoms with Crippen molar-refractivity contribution in [3.63, 3.8) is 0 Å². The number of nitriles is 1. The Labute approximate surface area is 162 Å². The third-order valence-electron chi connectivity index (χ3n) is 4.57. The van der Waals surface area contributed by atoms with Crippen LogP contribution in [0, 0.1) is 11.3 Å². The van der Waals surface area contributed by atoms with Gasteiger partial charge in [0.2, 0.25) is 0 Å². The number of rotatable bonds is 4. The maximum atomic E-state index is 12.1. The van der Waals surface area contributed by atoms with Crippen LogP contribution in [-0.4, -0.2) is 22.3 Å². The van der Waals surface area contributed by atoms with Crippen LogP contribution in [0.25, 0.3) is 11.1 Å². The molecule has 0 saturated carbocycles. The molecule has 0 spiro atoms. The molecule has 28 heavy (non-hydrogen) atoms. The van der Waals surface area contributed by atoms with E-state index in [9.17, 15) is 10.1 Å².